The van der Waals surface area contributed by atoms with Gasteiger partial charge in [0.25, 0.3) is 5.91 Å². The van der Waals surface area contributed by atoms with Crippen LogP contribution < -0.4 is 10.3 Å². The molecule has 1 aromatic carbocycles. The first kappa shape index (κ1) is 15.0. The average Bonchev–Trinajstić information content (AvgIpc) is 2.48. The Morgan fingerprint density at radius 2 is 2.05 bits per heavy atom. The fourth-order valence-electron chi connectivity index (χ4n) is 2.22. The summed E-state index contributed by atoms with van der Waals surface area (Å²) >= 11 is 0. The van der Waals surface area contributed by atoms with Crippen molar-refractivity contribution in [2.75, 3.05) is 7.11 Å². The third-order valence-electron chi connectivity index (χ3n) is 3.56. The minimum absolute atomic E-state index is 0.0415. The van der Waals surface area contributed by atoms with E-state index in [1.807, 2.05) is 0 Å². The summed E-state index contributed by atoms with van der Waals surface area (Å²) < 4.78 is 4.52. The maximum Gasteiger partial charge on any atom is 0.305 e. The lowest BCUT2D eigenvalue weighted by Gasteiger charge is -2.23. The highest BCUT2D eigenvalue weighted by Crippen LogP contribution is 2.33. The van der Waals surface area contributed by atoms with Crippen LogP contribution in [0.4, 0.5) is 0 Å². The topological polar surface area (TPSA) is 81.7 Å². The first-order valence-electron chi connectivity index (χ1n) is 6.65. The molecule has 1 aliphatic rings. The Bertz CT molecular complexity index is 608. The monoisotopic (exact) mass is 291 g/mol. The van der Waals surface area contributed by atoms with Crippen LogP contribution >= 0.6 is 0 Å². The highest BCUT2D eigenvalue weighted by atomic mass is 16.7. The zero-order valence-corrected chi connectivity index (χ0v) is 12.2. The van der Waals surface area contributed by atoms with E-state index in [1.165, 1.54) is 7.11 Å². The second kappa shape index (κ2) is 5.95. The number of aryl methyl sites for hydroxylation is 1. The number of esters is 1. The smallest absolute Gasteiger partial charge is 0.305 e. The normalized spacial score (nSPS) is 16.5. The number of Topliss-reactive ketones (excluding diaryl/α,β-unsaturated/α-hetero) is 1. The number of carbonyl (C=O) groups is 3. The summed E-state index contributed by atoms with van der Waals surface area (Å²) in [4.78, 5) is 40.0. The van der Waals surface area contributed by atoms with E-state index in [-0.39, 0.29) is 30.4 Å². The predicted octanol–water partition coefficient (Wildman–Crippen LogP) is 1.66. The van der Waals surface area contributed by atoms with E-state index in [9.17, 15) is 14.4 Å². The van der Waals surface area contributed by atoms with Gasteiger partial charge in [-0.2, -0.15) is 5.48 Å². The van der Waals surface area contributed by atoms with E-state index >= 15 is 0 Å². The summed E-state index contributed by atoms with van der Waals surface area (Å²) in [5, 5.41) is 0. The Morgan fingerprint density at radius 1 is 1.33 bits per heavy atom. The van der Waals surface area contributed by atoms with E-state index in [2.05, 4.69) is 10.2 Å². The quantitative estimate of drug-likeness (QED) is 0.674. The third-order valence-corrected chi connectivity index (χ3v) is 3.56. The molecule has 0 radical (unpaired) electrons. The second-order valence-corrected chi connectivity index (χ2v) is 4.99. The van der Waals surface area contributed by atoms with Gasteiger partial charge in [0.05, 0.1) is 19.4 Å². The predicted molar refractivity (Wildman–Crippen MR) is 73.9 cm³/mol. The second-order valence-electron chi connectivity index (χ2n) is 4.99. The molecule has 0 spiro atoms. The third kappa shape index (κ3) is 3.04. The number of methoxy groups -OCH3 is 1. The van der Waals surface area contributed by atoms with Crippen molar-refractivity contribution >= 4 is 17.7 Å². The molecule has 6 heteroatoms. The molecule has 1 aliphatic heterocycles. The van der Waals surface area contributed by atoms with Crippen molar-refractivity contribution in [3.63, 3.8) is 0 Å². The minimum Gasteiger partial charge on any atom is -0.469 e. The lowest BCUT2D eigenvalue weighted by molar-refractivity contribution is -0.140. The number of nitrogens with one attached hydrogen (secondary N) is 1. The number of ether oxygens (including phenoxy) is 1. The van der Waals surface area contributed by atoms with Gasteiger partial charge in [-0.25, -0.2) is 0 Å². The van der Waals surface area contributed by atoms with E-state index in [4.69, 9.17) is 4.84 Å². The van der Waals surface area contributed by atoms with Crippen LogP contribution in [0.2, 0.25) is 0 Å². The van der Waals surface area contributed by atoms with Gasteiger partial charge in [0.15, 0.2) is 11.5 Å². The van der Waals surface area contributed by atoms with Crippen LogP contribution in [0.5, 0.6) is 5.75 Å². The van der Waals surface area contributed by atoms with E-state index in [0.29, 0.717) is 11.3 Å². The lowest BCUT2D eigenvalue weighted by atomic mass is 9.92. The van der Waals surface area contributed by atoms with E-state index in [0.717, 1.165) is 11.1 Å². The van der Waals surface area contributed by atoms with E-state index in [1.54, 1.807) is 26.0 Å². The fourth-order valence-corrected chi connectivity index (χ4v) is 2.22. The largest absolute Gasteiger partial charge is 0.469 e. The summed E-state index contributed by atoms with van der Waals surface area (Å²) in [6, 6.07) is 3.39. The van der Waals surface area contributed by atoms with Gasteiger partial charge >= 0.3 is 5.97 Å². The van der Waals surface area contributed by atoms with Gasteiger partial charge in [0.2, 0.25) is 0 Å². The van der Waals surface area contributed by atoms with Crippen LogP contribution in [-0.2, 0) is 14.3 Å². The van der Waals surface area contributed by atoms with Crippen LogP contribution in [0.15, 0.2) is 12.1 Å². The standard InChI is InChI=1S/C15H17NO5/c1-8-6-11-9(2)15(19)16-21-13(11)7-10(8)12(17)4-5-14(18)20-3/h6-7,9H,4-5H2,1-3H3,(H,16,19). The molecule has 0 fully saturated rings. The number of rotatable bonds is 4. The highest BCUT2D eigenvalue weighted by molar-refractivity contribution is 5.99. The molecular formula is C15H17NO5. The molecule has 0 saturated carbocycles. The summed E-state index contributed by atoms with van der Waals surface area (Å²) in [6.07, 6.45) is 0.119. The number of hydrogen-bond donors (Lipinski definition) is 1. The fraction of sp³-hybridized carbons (Fsp3) is 0.400. The van der Waals surface area contributed by atoms with Gasteiger partial charge in [0, 0.05) is 17.5 Å². The van der Waals surface area contributed by atoms with Gasteiger partial charge in [0.1, 0.15) is 0 Å². The minimum atomic E-state index is -0.420. The number of fused-ring (bicyclic) bond motifs is 1. The van der Waals surface area contributed by atoms with Crippen molar-refractivity contribution in [2.24, 2.45) is 0 Å². The molecule has 1 unspecified atom stereocenters. The number of amides is 1. The molecule has 1 amide bonds. The van der Waals surface area contributed by atoms with E-state index < -0.39 is 5.97 Å². The first-order chi connectivity index (χ1) is 9.93. The molecule has 1 N–H and O–H groups in total. The van der Waals surface area contributed by atoms with Gasteiger partial charge in [-0.05, 0) is 25.5 Å². The first-order valence-corrected chi connectivity index (χ1v) is 6.65. The van der Waals surface area contributed by atoms with Crippen molar-refractivity contribution in [1.82, 2.24) is 5.48 Å². The van der Waals surface area contributed by atoms with Gasteiger partial charge in [-0.1, -0.05) is 6.07 Å². The van der Waals surface area contributed by atoms with Crippen molar-refractivity contribution in [2.45, 2.75) is 32.6 Å². The SMILES string of the molecule is COC(=O)CCC(=O)c1cc2c(cc1C)C(C)C(=O)NO2. The Kier molecular flexibility index (Phi) is 4.26. The average molecular weight is 291 g/mol. The van der Waals surface area contributed by atoms with Crippen molar-refractivity contribution in [3.05, 3.63) is 28.8 Å². The molecule has 6 nitrogen and oxygen atoms in total. The van der Waals surface area contributed by atoms with Crippen molar-refractivity contribution in [1.29, 1.82) is 0 Å². The molecule has 1 aromatic rings. The molecule has 0 aromatic heterocycles. The molecule has 1 atom stereocenters. The number of benzene rings is 1. The van der Waals surface area contributed by atoms with Crippen LogP contribution in [0.1, 0.15) is 47.2 Å². The van der Waals surface area contributed by atoms with Crippen LogP contribution in [0.25, 0.3) is 0 Å². The van der Waals surface area contributed by atoms with Gasteiger partial charge in [-0.3, -0.25) is 14.4 Å². The van der Waals surface area contributed by atoms with Gasteiger partial charge in [-0.15, -0.1) is 0 Å². The summed E-state index contributed by atoms with van der Waals surface area (Å²) in [6.45, 7) is 3.57. The molecule has 1 heterocycles. The molecule has 0 aliphatic carbocycles. The lowest BCUT2D eigenvalue weighted by Crippen LogP contribution is -2.36. The molecular weight excluding hydrogens is 274 g/mol. The summed E-state index contributed by atoms with van der Waals surface area (Å²) in [7, 11) is 1.29. The molecule has 0 bridgehead atoms. The summed E-state index contributed by atoms with van der Waals surface area (Å²) in [5.41, 5.74) is 4.30. The van der Waals surface area contributed by atoms with Crippen molar-refractivity contribution < 1.29 is 24.0 Å². The number of hydrogen-bond acceptors (Lipinski definition) is 5. The molecule has 21 heavy (non-hydrogen) atoms. The molecule has 112 valence electrons. The Morgan fingerprint density at radius 3 is 2.71 bits per heavy atom. The zero-order valence-electron chi connectivity index (χ0n) is 12.2. The summed E-state index contributed by atoms with van der Waals surface area (Å²) in [5.74, 6) is -0.655. The molecule has 0 saturated heterocycles. The zero-order chi connectivity index (χ0) is 15.6. The highest BCUT2D eigenvalue weighted by Gasteiger charge is 2.27. The maximum atomic E-state index is 12.2. The number of carbonyl (C=O) groups excluding carboxylic acids is 3. The Hall–Kier alpha value is -2.37. The Balaban J connectivity index is 2.24. The van der Waals surface area contributed by atoms with Crippen LogP contribution in [0.3, 0.4) is 0 Å². The molecule has 2 rings (SSSR count). The number of ketones is 1. The van der Waals surface area contributed by atoms with Crippen molar-refractivity contribution in [3.8, 4) is 5.75 Å². The Labute approximate surface area is 122 Å². The van der Waals surface area contributed by atoms with Gasteiger partial charge < -0.3 is 9.57 Å². The van der Waals surface area contributed by atoms with Crippen LogP contribution in [0, 0.1) is 6.92 Å². The van der Waals surface area contributed by atoms with Crippen LogP contribution in [-0.4, -0.2) is 24.8 Å². The number of hydroxylamine groups is 1. The maximum absolute atomic E-state index is 12.2.